The molecule has 10 rings (SSSR count). The number of nitrogens with one attached hydrogen (secondary N) is 4. The Balaban J connectivity index is 0.677. The van der Waals surface area contributed by atoms with E-state index in [0.29, 0.717) is 64.0 Å². The Labute approximate surface area is 407 Å². The molecular weight excluding hydrogens is 914 g/mol. The molecule has 18 nitrogen and oxygen atoms in total. The van der Waals surface area contributed by atoms with Crippen molar-refractivity contribution in [1.29, 1.82) is 0 Å². The van der Waals surface area contributed by atoms with Crippen molar-refractivity contribution in [2.75, 3.05) is 80.3 Å². The summed E-state index contributed by atoms with van der Waals surface area (Å²) in [6, 6.07) is 21.6. The van der Waals surface area contributed by atoms with Gasteiger partial charge in [0, 0.05) is 67.8 Å². The van der Waals surface area contributed by atoms with Crippen LogP contribution in [0.3, 0.4) is 0 Å². The normalized spacial score (nSPS) is 19.3. The third-order valence-corrected chi connectivity index (χ3v) is 14.1. The second-order valence-corrected chi connectivity index (χ2v) is 18.7. The van der Waals surface area contributed by atoms with Crippen molar-refractivity contribution < 1.29 is 47.4 Å². The van der Waals surface area contributed by atoms with Crippen molar-refractivity contribution in [3.63, 3.8) is 0 Å². The average Bonchev–Trinajstić information content (AvgIpc) is 4.15. The standard InChI is InChI=1S/C52H52FN9O9/c1-70-44-27-39-40(54-19-14-43(39)71-36-9-6-34(7-10-36)56-51(69)52(17-18-52)50(68)55-33-4-2-32(53)3-5-33)28-41(44)57-46(64)30-59-20-15-31(16-21-59)29-60-22-24-61(25-23-60)35-8-11-37-38(26-35)49(67)62(48(37)66)42-12-13-45(63)58-47(42)65/h2-11,14,19,26-28,31,42H,12-13,15-18,20-25,29-30H2,1H3,(H,55,68)(H,56,69)(H,57,64)(H,58,63,65). The van der Waals surface area contributed by atoms with Gasteiger partial charge in [-0.2, -0.15) is 0 Å². The highest BCUT2D eigenvalue weighted by Gasteiger charge is 2.56. The summed E-state index contributed by atoms with van der Waals surface area (Å²) in [5.41, 5.74) is 2.16. The van der Waals surface area contributed by atoms with Gasteiger partial charge in [0.1, 0.15) is 34.5 Å². The van der Waals surface area contributed by atoms with E-state index in [1.54, 1.807) is 60.8 Å². The lowest BCUT2D eigenvalue weighted by atomic mass is 9.96. The van der Waals surface area contributed by atoms with Gasteiger partial charge in [0.2, 0.25) is 29.5 Å². The van der Waals surface area contributed by atoms with Crippen LogP contribution in [0.2, 0.25) is 0 Å². The fourth-order valence-corrected chi connectivity index (χ4v) is 9.88. The maximum Gasteiger partial charge on any atom is 0.262 e. The van der Waals surface area contributed by atoms with Gasteiger partial charge in [0.25, 0.3) is 11.8 Å². The van der Waals surface area contributed by atoms with Crippen LogP contribution in [-0.2, 0) is 24.0 Å². The van der Waals surface area contributed by atoms with Crippen LogP contribution in [0.25, 0.3) is 10.9 Å². The first-order valence-corrected chi connectivity index (χ1v) is 23.8. The molecule has 1 atom stereocenters. The van der Waals surface area contributed by atoms with E-state index in [1.165, 1.54) is 31.4 Å². The van der Waals surface area contributed by atoms with Crippen molar-refractivity contribution in [2.24, 2.45) is 11.3 Å². The summed E-state index contributed by atoms with van der Waals surface area (Å²) in [5.74, 6) is -1.60. The van der Waals surface area contributed by atoms with Crippen molar-refractivity contribution in [2.45, 2.75) is 44.6 Å². The molecule has 0 spiro atoms. The number of ether oxygens (including phenoxy) is 2. The number of hydrogen-bond acceptors (Lipinski definition) is 13. The van der Waals surface area contributed by atoms with Crippen molar-refractivity contribution >= 4 is 75.0 Å². The number of likely N-dealkylation sites (tertiary alicyclic amines) is 1. The fraction of sp³-hybridized carbons (Fsp3) is 0.346. The molecule has 1 aromatic heterocycles. The zero-order valence-electron chi connectivity index (χ0n) is 39.0. The number of amides is 7. The minimum Gasteiger partial charge on any atom is -0.495 e. The molecule has 7 amide bonds. The maximum atomic E-state index is 13.4. The highest BCUT2D eigenvalue weighted by molar-refractivity contribution is 6.24. The third-order valence-electron chi connectivity index (χ3n) is 14.1. The molecule has 1 saturated carbocycles. The molecule has 71 heavy (non-hydrogen) atoms. The number of fused-ring (bicyclic) bond motifs is 2. The van der Waals surface area contributed by atoms with Crippen molar-refractivity contribution in [1.82, 2.24) is 25.0 Å². The van der Waals surface area contributed by atoms with E-state index in [0.717, 1.165) is 69.2 Å². The number of piperazine rings is 1. The van der Waals surface area contributed by atoms with Gasteiger partial charge in [0.15, 0.2) is 0 Å². The molecule has 4 N–H and O–H groups in total. The summed E-state index contributed by atoms with van der Waals surface area (Å²) in [4.78, 5) is 103. The number of nitrogens with zero attached hydrogens (tertiary/aromatic N) is 5. The number of benzene rings is 4. The molecule has 0 radical (unpaired) electrons. The Morgan fingerprint density at radius 2 is 1.42 bits per heavy atom. The third kappa shape index (κ3) is 9.87. The number of carbonyl (C=O) groups is 7. The summed E-state index contributed by atoms with van der Waals surface area (Å²) >= 11 is 0. The Morgan fingerprint density at radius 1 is 0.746 bits per heavy atom. The molecule has 1 unspecified atom stereocenters. The zero-order chi connectivity index (χ0) is 49.4. The Bertz CT molecular complexity index is 2950. The van der Waals surface area contributed by atoms with Crippen LogP contribution in [0, 0.1) is 17.2 Å². The molecule has 4 fully saturated rings. The van der Waals surface area contributed by atoms with Gasteiger partial charge in [0.05, 0.1) is 36.0 Å². The molecule has 4 aliphatic heterocycles. The molecule has 366 valence electrons. The summed E-state index contributed by atoms with van der Waals surface area (Å²) in [7, 11) is 1.53. The van der Waals surface area contributed by atoms with E-state index < -0.39 is 52.7 Å². The van der Waals surface area contributed by atoms with E-state index in [9.17, 15) is 38.0 Å². The molecular formula is C52H52FN9O9. The van der Waals surface area contributed by atoms with Gasteiger partial charge in [-0.25, -0.2) is 4.39 Å². The second-order valence-electron chi connectivity index (χ2n) is 18.7. The Hall–Kier alpha value is -7.77. The van der Waals surface area contributed by atoms with Crippen LogP contribution in [0.5, 0.6) is 17.2 Å². The first kappa shape index (κ1) is 46.9. The van der Waals surface area contributed by atoms with Gasteiger partial charge in [-0.3, -0.25) is 58.6 Å². The van der Waals surface area contributed by atoms with Crippen LogP contribution in [0.4, 0.5) is 27.1 Å². The van der Waals surface area contributed by atoms with Crippen LogP contribution >= 0.6 is 0 Å². The van der Waals surface area contributed by atoms with Gasteiger partial charge in [-0.1, -0.05) is 0 Å². The van der Waals surface area contributed by atoms with Gasteiger partial charge < -0.3 is 30.3 Å². The highest BCUT2D eigenvalue weighted by Crippen LogP contribution is 2.48. The number of hydrogen-bond donors (Lipinski definition) is 4. The smallest absolute Gasteiger partial charge is 0.262 e. The summed E-state index contributed by atoms with van der Waals surface area (Å²) in [6.45, 7) is 5.94. The zero-order valence-corrected chi connectivity index (χ0v) is 39.0. The van der Waals surface area contributed by atoms with Gasteiger partial charge in [-0.05, 0) is 136 Å². The predicted molar refractivity (Wildman–Crippen MR) is 260 cm³/mol. The van der Waals surface area contributed by atoms with Gasteiger partial charge in [-0.15, -0.1) is 0 Å². The van der Waals surface area contributed by atoms with E-state index >= 15 is 0 Å². The Kier molecular flexibility index (Phi) is 12.9. The molecule has 5 aromatic rings. The molecule has 5 heterocycles. The lowest BCUT2D eigenvalue weighted by Crippen LogP contribution is -2.54. The lowest BCUT2D eigenvalue weighted by molar-refractivity contribution is -0.136. The van der Waals surface area contributed by atoms with Crippen LogP contribution in [0.1, 0.15) is 59.2 Å². The number of anilines is 4. The molecule has 0 bridgehead atoms. The number of methoxy groups -OCH3 is 1. The monoisotopic (exact) mass is 965 g/mol. The molecule has 5 aliphatic rings. The van der Waals surface area contributed by atoms with E-state index in [2.05, 4.69) is 41.0 Å². The number of aromatic nitrogens is 1. The minimum atomic E-state index is -1.20. The quantitative estimate of drug-likeness (QED) is 0.0812. The number of pyridine rings is 1. The number of rotatable bonds is 14. The largest absolute Gasteiger partial charge is 0.495 e. The topological polar surface area (TPSA) is 212 Å². The predicted octanol–water partition coefficient (Wildman–Crippen LogP) is 5.41. The molecule has 19 heteroatoms. The number of piperidine rings is 2. The first-order valence-electron chi connectivity index (χ1n) is 23.8. The van der Waals surface area contributed by atoms with Crippen LogP contribution < -0.4 is 35.6 Å². The van der Waals surface area contributed by atoms with Gasteiger partial charge >= 0.3 is 0 Å². The van der Waals surface area contributed by atoms with E-state index in [4.69, 9.17) is 9.47 Å². The lowest BCUT2D eigenvalue weighted by Gasteiger charge is -2.39. The summed E-state index contributed by atoms with van der Waals surface area (Å²) in [6.07, 6.45) is 4.52. The SMILES string of the molecule is COc1cc2c(Oc3ccc(NC(=O)C4(C(=O)Nc5ccc(F)cc5)CC4)cc3)ccnc2cc1NC(=O)CN1CCC(CN2CCN(c3ccc4c(c3)C(=O)N(C3CCC(=O)NC3=O)C4=O)CC2)CC1. The minimum absolute atomic E-state index is 0.0714. The van der Waals surface area contributed by atoms with E-state index in [-0.39, 0.29) is 36.4 Å². The molecule has 1 aliphatic carbocycles. The highest BCUT2D eigenvalue weighted by atomic mass is 19.1. The molecule has 3 saturated heterocycles. The number of carbonyl (C=O) groups excluding carboxylic acids is 7. The van der Waals surface area contributed by atoms with E-state index in [1.807, 2.05) is 6.07 Å². The second kappa shape index (κ2) is 19.6. The van der Waals surface area contributed by atoms with Crippen LogP contribution in [-0.4, -0.2) is 127 Å². The first-order chi connectivity index (χ1) is 34.3. The van der Waals surface area contributed by atoms with Crippen molar-refractivity contribution in [3.05, 3.63) is 108 Å². The number of halogens is 1. The maximum absolute atomic E-state index is 13.4. The average molecular weight is 966 g/mol. The van der Waals surface area contributed by atoms with Crippen LogP contribution in [0.15, 0.2) is 91.1 Å². The summed E-state index contributed by atoms with van der Waals surface area (Å²) < 4.78 is 25.3. The molecule has 4 aromatic carbocycles. The summed E-state index contributed by atoms with van der Waals surface area (Å²) in [5, 5.41) is 11.5. The fourth-order valence-electron chi connectivity index (χ4n) is 9.88. The number of imide groups is 2. The van der Waals surface area contributed by atoms with Crippen molar-refractivity contribution in [3.8, 4) is 17.2 Å². The Morgan fingerprint density at radius 3 is 2.08 bits per heavy atom.